The molecular weight excluding hydrogens is 334 g/mol. The molecule has 0 amide bonds. The quantitative estimate of drug-likeness (QED) is 0.546. The summed E-state index contributed by atoms with van der Waals surface area (Å²) in [6.07, 6.45) is 8.01. The highest BCUT2D eigenvalue weighted by atomic mass is 79.9. The van der Waals surface area contributed by atoms with Crippen LogP contribution in [0.15, 0.2) is 28.1 Å². The number of halogens is 1. The van der Waals surface area contributed by atoms with Gasteiger partial charge in [-0.3, -0.25) is 4.79 Å². The molecule has 2 rings (SSSR count). The molecule has 6 heteroatoms. The normalized spacial score (nSPS) is 14.7. The molecule has 0 aromatic carbocycles. The second kappa shape index (κ2) is 8.34. The molecule has 1 heterocycles. The summed E-state index contributed by atoms with van der Waals surface area (Å²) in [6, 6.07) is 0. The van der Waals surface area contributed by atoms with Gasteiger partial charge in [-0.05, 0) is 41.1 Å². The van der Waals surface area contributed by atoms with Crippen molar-refractivity contribution in [2.24, 2.45) is 5.92 Å². The van der Waals surface area contributed by atoms with Crippen molar-refractivity contribution in [2.45, 2.75) is 32.2 Å². The second-order valence-corrected chi connectivity index (χ2v) is 6.12. The predicted octanol–water partition coefficient (Wildman–Crippen LogP) is 2.81. The van der Waals surface area contributed by atoms with E-state index in [0.29, 0.717) is 35.8 Å². The average Bonchev–Trinajstić information content (AvgIpc) is 2.43. The van der Waals surface area contributed by atoms with E-state index in [2.05, 4.69) is 32.9 Å². The molecule has 0 aliphatic heterocycles. The van der Waals surface area contributed by atoms with E-state index in [4.69, 9.17) is 4.74 Å². The Bertz CT molecular complexity index is 526. The van der Waals surface area contributed by atoms with Gasteiger partial charge >= 0.3 is 0 Å². The molecule has 0 bridgehead atoms. The van der Waals surface area contributed by atoms with E-state index >= 15 is 0 Å². The minimum atomic E-state index is -0.0673. The second-order valence-electron chi connectivity index (χ2n) is 5.27. The van der Waals surface area contributed by atoms with Gasteiger partial charge in [0.2, 0.25) is 0 Å². The number of hydrogen-bond acceptors (Lipinski definition) is 4. The number of anilines is 1. The van der Waals surface area contributed by atoms with E-state index in [-0.39, 0.29) is 5.56 Å². The lowest BCUT2D eigenvalue weighted by Gasteiger charge is -2.25. The molecule has 0 radical (unpaired) electrons. The van der Waals surface area contributed by atoms with E-state index in [1.165, 1.54) is 19.3 Å². The minimum absolute atomic E-state index is 0.0673. The van der Waals surface area contributed by atoms with E-state index in [9.17, 15) is 4.79 Å². The summed E-state index contributed by atoms with van der Waals surface area (Å²) in [4.78, 5) is 12.4. The van der Waals surface area contributed by atoms with Crippen molar-refractivity contribution in [1.82, 2.24) is 9.78 Å². The molecule has 0 atom stereocenters. The highest BCUT2D eigenvalue weighted by Crippen LogP contribution is 2.27. The Hall–Kier alpha value is -1.14. The predicted molar refractivity (Wildman–Crippen MR) is 87.7 cm³/mol. The van der Waals surface area contributed by atoms with Crippen LogP contribution in [-0.2, 0) is 11.3 Å². The van der Waals surface area contributed by atoms with Crippen LogP contribution < -0.4 is 10.9 Å². The highest BCUT2D eigenvalue weighted by Gasteiger charge is 2.20. The Labute approximate surface area is 133 Å². The summed E-state index contributed by atoms with van der Waals surface area (Å²) in [5.74, 6) is 0.603. The smallest absolute Gasteiger partial charge is 0.291 e. The largest absolute Gasteiger partial charge is 0.379 e. The van der Waals surface area contributed by atoms with Crippen molar-refractivity contribution in [2.75, 3.05) is 25.1 Å². The SMILES string of the molecule is C=CCCOCCNc1c(Br)cnn(CC2CCC2)c1=O. The Balaban J connectivity index is 1.89. The van der Waals surface area contributed by atoms with E-state index in [0.717, 1.165) is 13.0 Å². The third kappa shape index (κ3) is 4.68. The van der Waals surface area contributed by atoms with Gasteiger partial charge in [0.05, 0.1) is 23.9 Å². The Morgan fingerprint density at radius 2 is 2.33 bits per heavy atom. The first-order valence-corrected chi connectivity index (χ1v) is 8.19. The molecule has 5 nitrogen and oxygen atoms in total. The van der Waals surface area contributed by atoms with Gasteiger partial charge in [-0.15, -0.1) is 6.58 Å². The average molecular weight is 356 g/mol. The molecule has 0 spiro atoms. The van der Waals surface area contributed by atoms with Crippen molar-refractivity contribution < 1.29 is 4.74 Å². The van der Waals surface area contributed by atoms with Crippen LogP contribution in [0.3, 0.4) is 0 Å². The fraction of sp³-hybridized carbons (Fsp3) is 0.600. The van der Waals surface area contributed by atoms with Crippen LogP contribution in [0.4, 0.5) is 5.69 Å². The topological polar surface area (TPSA) is 56.1 Å². The number of nitrogens with zero attached hydrogens (tertiary/aromatic N) is 2. The van der Waals surface area contributed by atoms with E-state index in [1.807, 2.05) is 6.08 Å². The third-order valence-electron chi connectivity index (χ3n) is 3.67. The standard InChI is InChI=1S/C15H22BrN3O2/c1-2-3-8-21-9-7-17-14-13(16)10-18-19(15(14)20)11-12-5-4-6-12/h2,10,12,17H,1,3-9,11H2. The minimum Gasteiger partial charge on any atom is -0.379 e. The van der Waals surface area contributed by atoms with Gasteiger partial charge < -0.3 is 10.1 Å². The maximum Gasteiger partial charge on any atom is 0.291 e. The van der Waals surface area contributed by atoms with Crippen molar-refractivity contribution in [3.05, 3.63) is 33.7 Å². The Morgan fingerprint density at radius 3 is 3.00 bits per heavy atom. The van der Waals surface area contributed by atoms with E-state index in [1.54, 1.807) is 10.9 Å². The molecule has 1 aliphatic rings. The first-order chi connectivity index (χ1) is 10.2. The van der Waals surface area contributed by atoms with Gasteiger partial charge in [-0.1, -0.05) is 12.5 Å². The zero-order valence-electron chi connectivity index (χ0n) is 12.2. The van der Waals surface area contributed by atoms with Gasteiger partial charge in [-0.25, -0.2) is 4.68 Å². The lowest BCUT2D eigenvalue weighted by molar-refractivity contribution is 0.149. The number of rotatable bonds is 9. The summed E-state index contributed by atoms with van der Waals surface area (Å²) < 4.78 is 7.69. The van der Waals surface area contributed by atoms with Gasteiger partial charge in [0, 0.05) is 13.1 Å². The first-order valence-electron chi connectivity index (χ1n) is 7.40. The van der Waals surface area contributed by atoms with Crippen LogP contribution in [0.2, 0.25) is 0 Å². The maximum atomic E-state index is 12.4. The van der Waals surface area contributed by atoms with Crippen LogP contribution in [0.1, 0.15) is 25.7 Å². The van der Waals surface area contributed by atoms with Crippen LogP contribution >= 0.6 is 15.9 Å². The molecule has 1 saturated carbocycles. The zero-order chi connectivity index (χ0) is 15.1. The number of aromatic nitrogens is 2. The lowest BCUT2D eigenvalue weighted by Crippen LogP contribution is -2.31. The third-order valence-corrected chi connectivity index (χ3v) is 4.27. The molecule has 1 aromatic heterocycles. The molecule has 1 N–H and O–H groups in total. The summed E-state index contributed by atoms with van der Waals surface area (Å²) in [6.45, 7) is 6.18. The summed E-state index contributed by atoms with van der Waals surface area (Å²) in [5.41, 5.74) is 0.499. The van der Waals surface area contributed by atoms with Gasteiger partial charge in [0.25, 0.3) is 5.56 Å². The maximum absolute atomic E-state index is 12.4. The number of ether oxygens (including phenoxy) is 1. The summed E-state index contributed by atoms with van der Waals surface area (Å²) >= 11 is 3.38. The fourth-order valence-electron chi connectivity index (χ4n) is 2.20. The van der Waals surface area contributed by atoms with Crippen molar-refractivity contribution in [1.29, 1.82) is 0 Å². The van der Waals surface area contributed by atoms with Gasteiger partial charge in [-0.2, -0.15) is 5.10 Å². The molecule has 1 aliphatic carbocycles. The lowest BCUT2D eigenvalue weighted by atomic mass is 9.85. The Morgan fingerprint density at radius 1 is 1.52 bits per heavy atom. The van der Waals surface area contributed by atoms with E-state index < -0.39 is 0 Å². The molecule has 0 unspecified atom stereocenters. The van der Waals surface area contributed by atoms with Crippen LogP contribution in [0, 0.1) is 5.92 Å². The number of hydrogen-bond donors (Lipinski definition) is 1. The Kier molecular flexibility index (Phi) is 6.45. The number of nitrogens with one attached hydrogen (secondary N) is 1. The molecule has 116 valence electrons. The van der Waals surface area contributed by atoms with Crippen LogP contribution in [0.5, 0.6) is 0 Å². The van der Waals surface area contributed by atoms with Crippen molar-refractivity contribution >= 4 is 21.6 Å². The molecule has 1 fully saturated rings. The summed E-state index contributed by atoms with van der Waals surface area (Å²) in [5, 5.41) is 7.34. The monoisotopic (exact) mass is 355 g/mol. The van der Waals surface area contributed by atoms with Gasteiger partial charge in [0.1, 0.15) is 5.69 Å². The van der Waals surface area contributed by atoms with Crippen molar-refractivity contribution in [3.8, 4) is 0 Å². The highest BCUT2D eigenvalue weighted by molar-refractivity contribution is 9.10. The van der Waals surface area contributed by atoms with Crippen molar-refractivity contribution in [3.63, 3.8) is 0 Å². The fourth-order valence-corrected chi connectivity index (χ4v) is 2.60. The zero-order valence-corrected chi connectivity index (χ0v) is 13.8. The molecule has 1 aromatic rings. The summed E-state index contributed by atoms with van der Waals surface area (Å²) in [7, 11) is 0. The molecule has 0 saturated heterocycles. The molecular formula is C15H22BrN3O2. The first kappa shape index (κ1) is 16.2. The van der Waals surface area contributed by atoms with Crippen LogP contribution in [-0.4, -0.2) is 29.5 Å². The van der Waals surface area contributed by atoms with Gasteiger partial charge in [0.15, 0.2) is 0 Å². The molecule has 21 heavy (non-hydrogen) atoms. The van der Waals surface area contributed by atoms with Crippen LogP contribution in [0.25, 0.3) is 0 Å².